The molecule has 0 aliphatic carbocycles. The molecule has 2 rings (SSSR count). The molecule has 0 radical (unpaired) electrons. The van der Waals surface area contributed by atoms with E-state index in [-0.39, 0.29) is 24.0 Å². The number of aromatic nitrogens is 4. The second kappa shape index (κ2) is 8.71. The number of hydrogen-bond donors (Lipinski definition) is 1. The van der Waals surface area contributed by atoms with Crippen LogP contribution in [-0.4, -0.2) is 44.9 Å². The zero-order valence-corrected chi connectivity index (χ0v) is 15.6. The molecule has 122 valence electrons. The molecule has 0 unspecified atom stereocenters. The molecule has 0 atom stereocenters. The summed E-state index contributed by atoms with van der Waals surface area (Å²) >= 11 is 0. The molecule has 0 amide bonds. The Balaban J connectivity index is 0.00000242. The molecule has 0 aromatic carbocycles. The molecule has 2 aromatic heterocycles. The topological polar surface area (TPSA) is 84.4 Å². The van der Waals surface area contributed by atoms with E-state index < -0.39 is 0 Å². The average Bonchev–Trinajstić information content (AvgIpc) is 3.09. The zero-order valence-electron chi connectivity index (χ0n) is 13.3. The fraction of sp³-hybridized carbons (Fsp3) is 0.538. The molecule has 0 saturated heterocycles. The lowest BCUT2D eigenvalue weighted by Gasteiger charge is -2.20. The number of aliphatic imine (C=N–C) groups is 1. The molecule has 0 saturated carbocycles. The number of halogens is 1. The van der Waals surface area contributed by atoms with Gasteiger partial charge in [0.1, 0.15) is 12.2 Å². The van der Waals surface area contributed by atoms with Gasteiger partial charge in [0.2, 0.25) is 0 Å². The second-order valence-electron chi connectivity index (χ2n) is 4.69. The first-order chi connectivity index (χ1) is 10.1. The maximum absolute atomic E-state index is 5.24. The molecular formula is C13H22IN7O. The van der Waals surface area contributed by atoms with E-state index in [1.54, 1.807) is 18.1 Å². The summed E-state index contributed by atoms with van der Waals surface area (Å²) in [6.45, 7) is 3.21. The van der Waals surface area contributed by atoms with Crippen molar-refractivity contribution >= 4 is 29.9 Å². The third-order valence-corrected chi connectivity index (χ3v) is 3.15. The Morgan fingerprint density at radius 3 is 2.82 bits per heavy atom. The van der Waals surface area contributed by atoms with Crippen molar-refractivity contribution in [3.05, 3.63) is 29.7 Å². The number of hydrogen-bond acceptors (Lipinski definition) is 5. The number of nitrogens with one attached hydrogen (secondary N) is 1. The monoisotopic (exact) mass is 419 g/mol. The van der Waals surface area contributed by atoms with E-state index >= 15 is 0 Å². The molecular weight excluding hydrogens is 397 g/mol. The van der Waals surface area contributed by atoms with Gasteiger partial charge in [0.05, 0.1) is 18.8 Å². The van der Waals surface area contributed by atoms with E-state index in [2.05, 4.69) is 25.5 Å². The SMILES string of the molecule is CCc1cc(CNC(=NC)N(C)Cc2ncnn2C)on1.I. The lowest BCUT2D eigenvalue weighted by molar-refractivity contribution is 0.370. The average molecular weight is 419 g/mol. The predicted molar refractivity (Wildman–Crippen MR) is 94.0 cm³/mol. The Morgan fingerprint density at radius 1 is 1.50 bits per heavy atom. The summed E-state index contributed by atoms with van der Waals surface area (Å²) in [7, 11) is 5.56. The Kier molecular flexibility index (Phi) is 7.28. The van der Waals surface area contributed by atoms with Crippen molar-refractivity contribution in [2.45, 2.75) is 26.4 Å². The van der Waals surface area contributed by atoms with Crippen LogP contribution in [0.3, 0.4) is 0 Å². The number of aryl methyl sites for hydroxylation is 2. The summed E-state index contributed by atoms with van der Waals surface area (Å²) in [5.41, 5.74) is 0.953. The minimum absolute atomic E-state index is 0. The van der Waals surface area contributed by atoms with Gasteiger partial charge in [-0.25, -0.2) is 4.98 Å². The van der Waals surface area contributed by atoms with E-state index in [9.17, 15) is 0 Å². The molecule has 0 fully saturated rings. The molecule has 2 aromatic rings. The number of guanidine groups is 1. The molecule has 0 bridgehead atoms. The first-order valence-electron chi connectivity index (χ1n) is 6.83. The van der Waals surface area contributed by atoms with E-state index in [0.717, 1.165) is 29.7 Å². The smallest absolute Gasteiger partial charge is 0.194 e. The third kappa shape index (κ3) is 4.68. The summed E-state index contributed by atoms with van der Waals surface area (Å²) in [4.78, 5) is 10.4. The highest BCUT2D eigenvalue weighted by molar-refractivity contribution is 14.0. The van der Waals surface area contributed by atoms with Gasteiger partial charge in [-0.3, -0.25) is 9.67 Å². The highest BCUT2D eigenvalue weighted by atomic mass is 127. The van der Waals surface area contributed by atoms with Gasteiger partial charge in [-0.15, -0.1) is 24.0 Å². The van der Waals surface area contributed by atoms with Gasteiger partial charge in [-0.2, -0.15) is 5.10 Å². The lowest BCUT2D eigenvalue weighted by Crippen LogP contribution is -2.38. The predicted octanol–water partition coefficient (Wildman–Crippen LogP) is 1.19. The lowest BCUT2D eigenvalue weighted by atomic mass is 10.3. The highest BCUT2D eigenvalue weighted by Crippen LogP contribution is 2.04. The maximum Gasteiger partial charge on any atom is 0.194 e. The van der Waals surface area contributed by atoms with Crippen LogP contribution in [-0.2, 0) is 26.6 Å². The summed E-state index contributed by atoms with van der Waals surface area (Å²) < 4.78 is 6.99. The standard InChI is InChI=1S/C13H21N7O.HI/c1-5-10-6-11(21-18-10)7-15-13(14-2)19(3)8-12-16-9-17-20(12)4;/h6,9H,5,7-8H2,1-4H3,(H,14,15);1H. The maximum atomic E-state index is 5.24. The van der Waals surface area contributed by atoms with Gasteiger partial charge in [0.15, 0.2) is 11.7 Å². The summed E-state index contributed by atoms with van der Waals surface area (Å²) in [6, 6.07) is 1.95. The normalized spacial score (nSPS) is 11.2. The Labute approximate surface area is 147 Å². The molecule has 2 heterocycles. The van der Waals surface area contributed by atoms with Gasteiger partial charge in [-0.1, -0.05) is 12.1 Å². The van der Waals surface area contributed by atoms with Gasteiger partial charge in [0.25, 0.3) is 0 Å². The Bertz CT molecular complexity index is 607. The first-order valence-corrected chi connectivity index (χ1v) is 6.83. The fourth-order valence-corrected chi connectivity index (χ4v) is 1.91. The van der Waals surface area contributed by atoms with Gasteiger partial charge in [0, 0.05) is 27.2 Å². The van der Waals surface area contributed by atoms with Crippen LogP contribution in [0.1, 0.15) is 24.2 Å². The van der Waals surface area contributed by atoms with Crippen LogP contribution >= 0.6 is 24.0 Å². The highest BCUT2D eigenvalue weighted by Gasteiger charge is 2.11. The number of nitrogens with zero attached hydrogens (tertiary/aromatic N) is 6. The van der Waals surface area contributed by atoms with Crippen molar-refractivity contribution in [3.63, 3.8) is 0 Å². The van der Waals surface area contributed by atoms with Crippen molar-refractivity contribution in [1.82, 2.24) is 30.1 Å². The summed E-state index contributed by atoms with van der Waals surface area (Å²) in [5, 5.41) is 11.3. The van der Waals surface area contributed by atoms with Crippen molar-refractivity contribution in [3.8, 4) is 0 Å². The number of rotatable bonds is 5. The molecule has 0 aliphatic rings. The molecule has 0 spiro atoms. The van der Waals surface area contributed by atoms with Crippen molar-refractivity contribution in [2.24, 2.45) is 12.0 Å². The minimum atomic E-state index is 0. The van der Waals surface area contributed by atoms with Crippen molar-refractivity contribution < 1.29 is 4.52 Å². The molecule has 22 heavy (non-hydrogen) atoms. The van der Waals surface area contributed by atoms with Crippen LogP contribution in [0.4, 0.5) is 0 Å². The van der Waals surface area contributed by atoms with E-state index in [4.69, 9.17) is 4.52 Å². The fourth-order valence-electron chi connectivity index (χ4n) is 1.91. The van der Waals surface area contributed by atoms with Crippen LogP contribution < -0.4 is 5.32 Å². The molecule has 1 N–H and O–H groups in total. The van der Waals surface area contributed by atoms with Crippen LogP contribution in [0.2, 0.25) is 0 Å². The van der Waals surface area contributed by atoms with Crippen LogP contribution in [0, 0.1) is 0 Å². The van der Waals surface area contributed by atoms with Crippen molar-refractivity contribution in [2.75, 3.05) is 14.1 Å². The van der Waals surface area contributed by atoms with Crippen molar-refractivity contribution in [1.29, 1.82) is 0 Å². The minimum Gasteiger partial charge on any atom is -0.359 e. The quantitative estimate of drug-likeness (QED) is 0.446. The molecule has 9 heteroatoms. The van der Waals surface area contributed by atoms with E-state index in [1.807, 2.05) is 32.0 Å². The Morgan fingerprint density at radius 2 is 2.27 bits per heavy atom. The third-order valence-electron chi connectivity index (χ3n) is 3.15. The van der Waals surface area contributed by atoms with Gasteiger partial charge >= 0.3 is 0 Å². The van der Waals surface area contributed by atoms with E-state index in [0.29, 0.717) is 13.1 Å². The van der Waals surface area contributed by atoms with Crippen LogP contribution in [0.15, 0.2) is 21.9 Å². The molecule has 8 nitrogen and oxygen atoms in total. The summed E-state index contributed by atoms with van der Waals surface area (Å²) in [5.74, 6) is 2.42. The molecule has 0 aliphatic heterocycles. The Hall–Kier alpha value is -1.65. The summed E-state index contributed by atoms with van der Waals surface area (Å²) in [6.07, 6.45) is 2.41. The van der Waals surface area contributed by atoms with Crippen LogP contribution in [0.25, 0.3) is 0 Å². The van der Waals surface area contributed by atoms with Crippen LogP contribution in [0.5, 0.6) is 0 Å². The van der Waals surface area contributed by atoms with Gasteiger partial charge in [-0.05, 0) is 6.42 Å². The first kappa shape index (κ1) is 18.4. The van der Waals surface area contributed by atoms with Gasteiger partial charge < -0.3 is 14.7 Å². The van der Waals surface area contributed by atoms with E-state index in [1.165, 1.54) is 0 Å². The second-order valence-corrected chi connectivity index (χ2v) is 4.69. The largest absolute Gasteiger partial charge is 0.359 e. The zero-order chi connectivity index (χ0) is 15.2.